The molecule has 0 bridgehead atoms. The molecule has 2 unspecified atom stereocenters. The Morgan fingerprint density at radius 3 is 2.83 bits per heavy atom. The van der Waals surface area contributed by atoms with E-state index in [0.717, 1.165) is 49.3 Å². The van der Waals surface area contributed by atoms with Gasteiger partial charge in [-0.3, -0.25) is 0 Å². The molecule has 0 fully saturated rings. The fraction of sp³-hybridized carbons (Fsp3) is 0.550. The molecule has 0 radical (unpaired) electrons. The number of aliphatic imine (C=N–C) groups is 1. The number of fused-ring (bicyclic) bond motifs is 1. The molecule has 2 heterocycles. The molecule has 1 aliphatic rings. The molecule has 2 aromatic rings. The second-order valence-corrected chi connectivity index (χ2v) is 7.48. The minimum absolute atomic E-state index is 0. The number of hydrogen-bond acceptors (Lipinski definition) is 5. The molecule has 3 rings (SSSR count). The van der Waals surface area contributed by atoms with Crippen molar-refractivity contribution in [2.75, 3.05) is 20.2 Å². The molecule has 30 heavy (non-hydrogen) atoms. The Hall–Kier alpha value is -1.59. The fourth-order valence-corrected chi connectivity index (χ4v) is 3.31. The molecular formula is C20H30ClIN6O2. The number of rotatable bonds is 8. The Morgan fingerprint density at radius 2 is 2.13 bits per heavy atom. The van der Waals surface area contributed by atoms with Crippen LogP contribution in [0, 0.1) is 0 Å². The molecule has 1 aromatic carbocycles. The summed E-state index contributed by atoms with van der Waals surface area (Å²) in [6, 6.07) is 7.60. The van der Waals surface area contributed by atoms with Gasteiger partial charge in [0.1, 0.15) is 24.3 Å². The third-order valence-corrected chi connectivity index (χ3v) is 4.77. The maximum Gasteiger partial charge on any atom is 0.191 e. The summed E-state index contributed by atoms with van der Waals surface area (Å²) in [5, 5.41) is 12.0. The Morgan fingerprint density at radius 1 is 1.37 bits per heavy atom. The van der Waals surface area contributed by atoms with Crippen LogP contribution in [0.3, 0.4) is 0 Å². The van der Waals surface area contributed by atoms with Crippen molar-refractivity contribution < 1.29 is 9.47 Å². The van der Waals surface area contributed by atoms with Crippen molar-refractivity contribution in [2.45, 2.75) is 52.0 Å². The summed E-state index contributed by atoms with van der Waals surface area (Å²) in [5.41, 5.74) is 0. The van der Waals surface area contributed by atoms with Gasteiger partial charge in [-0.1, -0.05) is 11.6 Å². The summed E-state index contributed by atoms with van der Waals surface area (Å²) >= 11 is 5.92. The number of aromatic nitrogens is 3. The highest BCUT2D eigenvalue weighted by molar-refractivity contribution is 14.0. The summed E-state index contributed by atoms with van der Waals surface area (Å²) in [7, 11) is 1.65. The van der Waals surface area contributed by atoms with Crippen molar-refractivity contribution in [2.24, 2.45) is 4.99 Å². The molecule has 166 valence electrons. The van der Waals surface area contributed by atoms with Crippen LogP contribution in [0.2, 0.25) is 5.02 Å². The van der Waals surface area contributed by atoms with Crippen molar-refractivity contribution in [3.05, 3.63) is 40.9 Å². The normalized spacial score (nSPS) is 16.9. The van der Waals surface area contributed by atoms with Crippen LogP contribution in [0.1, 0.15) is 31.9 Å². The van der Waals surface area contributed by atoms with Crippen LogP contribution in [0.4, 0.5) is 0 Å². The molecule has 0 amide bonds. The van der Waals surface area contributed by atoms with Crippen molar-refractivity contribution in [1.82, 2.24) is 25.4 Å². The Balaban J connectivity index is 0.00000320. The molecule has 2 atom stereocenters. The van der Waals surface area contributed by atoms with Crippen LogP contribution in [-0.4, -0.2) is 53.1 Å². The molecule has 0 saturated heterocycles. The molecule has 8 nitrogen and oxygen atoms in total. The topological polar surface area (TPSA) is 85.6 Å². The lowest BCUT2D eigenvalue weighted by Crippen LogP contribution is -2.47. The number of hydrogen-bond donors (Lipinski definition) is 2. The first kappa shape index (κ1) is 24.7. The number of halogens is 2. The third kappa shape index (κ3) is 7.28. The third-order valence-electron chi connectivity index (χ3n) is 4.52. The second kappa shape index (κ2) is 12.3. The first-order valence-corrected chi connectivity index (χ1v) is 10.3. The van der Waals surface area contributed by atoms with Crippen LogP contribution < -0.4 is 15.4 Å². The molecule has 0 aliphatic carbocycles. The lowest BCUT2D eigenvalue weighted by molar-refractivity contribution is 0.177. The van der Waals surface area contributed by atoms with E-state index in [1.165, 1.54) is 0 Å². The highest BCUT2D eigenvalue weighted by Gasteiger charge is 2.22. The molecule has 10 heteroatoms. The smallest absolute Gasteiger partial charge is 0.191 e. The standard InChI is InChI=1S/C20H29ClN6O2.HI/c1-4-22-20(23-11-14(2)29-17-8-5-15(21)6-9-17)24-16-7-10-19-25-18(13-28-3)26-27(19)12-16;/h5-6,8-9,14,16H,4,7,10-13H2,1-3H3,(H2,22,23,24);1H. The molecule has 1 aromatic heterocycles. The van der Waals surface area contributed by atoms with Gasteiger partial charge in [0.15, 0.2) is 11.8 Å². The van der Waals surface area contributed by atoms with Gasteiger partial charge >= 0.3 is 0 Å². The van der Waals surface area contributed by atoms with E-state index in [0.29, 0.717) is 18.2 Å². The van der Waals surface area contributed by atoms with Gasteiger partial charge in [0.05, 0.1) is 13.1 Å². The molecule has 1 aliphatic heterocycles. The predicted octanol–water partition coefficient (Wildman–Crippen LogP) is 3.03. The lowest BCUT2D eigenvalue weighted by Gasteiger charge is -2.25. The Bertz CT molecular complexity index is 814. The predicted molar refractivity (Wildman–Crippen MR) is 129 cm³/mol. The van der Waals surface area contributed by atoms with Gasteiger partial charge in [-0.2, -0.15) is 5.10 Å². The van der Waals surface area contributed by atoms with Crippen molar-refractivity contribution in [3.63, 3.8) is 0 Å². The fourth-order valence-electron chi connectivity index (χ4n) is 3.18. The van der Waals surface area contributed by atoms with Crippen LogP contribution in [0.15, 0.2) is 29.3 Å². The SMILES string of the molecule is CCNC(=NCC(C)Oc1ccc(Cl)cc1)NC1CCc2nc(COC)nn2C1.I. The van der Waals surface area contributed by atoms with E-state index in [1.807, 2.05) is 35.9 Å². The zero-order valence-electron chi connectivity index (χ0n) is 17.6. The maximum absolute atomic E-state index is 5.92. The van der Waals surface area contributed by atoms with Gasteiger partial charge in [-0.05, 0) is 44.5 Å². The zero-order valence-corrected chi connectivity index (χ0v) is 20.7. The minimum Gasteiger partial charge on any atom is -0.489 e. The molecule has 0 spiro atoms. The summed E-state index contributed by atoms with van der Waals surface area (Å²) in [5.74, 6) is 3.32. The van der Waals surface area contributed by atoms with Crippen LogP contribution in [0.25, 0.3) is 0 Å². The van der Waals surface area contributed by atoms with E-state index in [9.17, 15) is 0 Å². The van der Waals surface area contributed by atoms with Gasteiger partial charge in [-0.25, -0.2) is 14.7 Å². The average Bonchev–Trinajstić information content (AvgIpc) is 3.10. The van der Waals surface area contributed by atoms with E-state index < -0.39 is 0 Å². The monoisotopic (exact) mass is 548 g/mol. The summed E-state index contributed by atoms with van der Waals surface area (Å²) < 4.78 is 13.0. The van der Waals surface area contributed by atoms with Gasteiger partial charge in [0.2, 0.25) is 0 Å². The summed E-state index contributed by atoms with van der Waals surface area (Å²) in [4.78, 5) is 9.21. The van der Waals surface area contributed by atoms with E-state index in [1.54, 1.807) is 7.11 Å². The largest absolute Gasteiger partial charge is 0.489 e. The average molecular weight is 549 g/mol. The second-order valence-electron chi connectivity index (χ2n) is 7.04. The van der Waals surface area contributed by atoms with Gasteiger partial charge in [0.25, 0.3) is 0 Å². The van der Waals surface area contributed by atoms with Gasteiger partial charge in [-0.15, -0.1) is 24.0 Å². The van der Waals surface area contributed by atoms with E-state index >= 15 is 0 Å². The molecular weight excluding hydrogens is 519 g/mol. The number of guanidine groups is 1. The van der Waals surface area contributed by atoms with E-state index in [-0.39, 0.29) is 36.1 Å². The minimum atomic E-state index is -0.0588. The number of nitrogens with zero attached hydrogens (tertiary/aromatic N) is 4. The number of aryl methyl sites for hydroxylation is 1. The van der Waals surface area contributed by atoms with Crippen molar-refractivity contribution >= 4 is 41.5 Å². The highest BCUT2D eigenvalue weighted by atomic mass is 127. The van der Waals surface area contributed by atoms with Crippen molar-refractivity contribution in [3.8, 4) is 5.75 Å². The lowest BCUT2D eigenvalue weighted by atomic mass is 10.1. The first-order valence-electron chi connectivity index (χ1n) is 9.96. The highest BCUT2D eigenvalue weighted by Crippen LogP contribution is 2.17. The van der Waals surface area contributed by atoms with Crippen LogP contribution >= 0.6 is 35.6 Å². The molecule has 0 saturated carbocycles. The number of methoxy groups -OCH3 is 1. The van der Waals surface area contributed by atoms with E-state index in [4.69, 9.17) is 21.1 Å². The maximum atomic E-state index is 5.92. The summed E-state index contributed by atoms with van der Waals surface area (Å²) in [6.07, 6.45) is 1.80. The summed E-state index contributed by atoms with van der Waals surface area (Å²) in [6.45, 7) is 6.58. The quantitative estimate of drug-likeness (QED) is 0.300. The van der Waals surface area contributed by atoms with Gasteiger partial charge in [0, 0.05) is 31.1 Å². The first-order chi connectivity index (χ1) is 14.1. The Labute approximate surface area is 199 Å². The number of nitrogens with one attached hydrogen (secondary N) is 2. The van der Waals surface area contributed by atoms with Crippen LogP contribution in [-0.2, 0) is 24.3 Å². The van der Waals surface area contributed by atoms with Gasteiger partial charge < -0.3 is 20.1 Å². The number of ether oxygens (including phenoxy) is 2. The Kier molecular flexibility index (Phi) is 10.1. The van der Waals surface area contributed by atoms with E-state index in [2.05, 4.69) is 32.6 Å². The zero-order chi connectivity index (χ0) is 20.6. The van der Waals surface area contributed by atoms with Crippen molar-refractivity contribution in [1.29, 1.82) is 0 Å². The number of benzene rings is 1. The van der Waals surface area contributed by atoms with Crippen LogP contribution in [0.5, 0.6) is 5.75 Å². The molecule has 2 N–H and O–H groups in total.